The normalized spacial score (nSPS) is 10.7. The van der Waals surface area contributed by atoms with Gasteiger partial charge in [-0.15, -0.1) is 0 Å². The number of amides is 1. The first-order valence-electron chi connectivity index (χ1n) is 6.63. The Hall–Kier alpha value is -2.16. The van der Waals surface area contributed by atoms with Gasteiger partial charge in [0.1, 0.15) is 12.2 Å². The Bertz CT molecular complexity index is 694. The zero-order valence-corrected chi connectivity index (χ0v) is 13.8. The van der Waals surface area contributed by atoms with E-state index in [0.29, 0.717) is 6.54 Å². The molecule has 0 aliphatic rings. The monoisotopic (exact) mass is 369 g/mol. The van der Waals surface area contributed by atoms with Crippen LogP contribution in [0.5, 0.6) is 0 Å². The van der Waals surface area contributed by atoms with Crippen molar-refractivity contribution in [2.24, 2.45) is 0 Å². The van der Waals surface area contributed by atoms with Gasteiger partial charge in [-0.3, -0.25) is 14.3 Å². The summed E-state index contributed by atoms with van der Waals surface area (Å²) in [7, 11) is 1.64. The van der Waals surface area contributed by atoms with Crippen LogP contribution in [0, 0.1) is 0 Å². The maximum atomic E-state index is 12.4. The minimum atomic E-state index is -1.05. The SMILES string of the molecule is CCn1cc(Br)c(CN(C)C(=O)c2ccnn2CC(=O)O)n1. The van der Waals surface area contributed by atoms with Crippen LogP contribution < -0.4 is 0 Å². The molecular formula is C13H16BrN5O3. The lowest BCUT2D eigenvalue weighted by Gasteiger charge is -2.16. The Morgan fingerprint density at radius 1 is 1.45 bits per heavy atom. The van der Waals surface area contributed by atoms with Gasteiger partial charge in [0.05, 0.1) is 16.7 Å². The number of aliphatic carboxylic acids is 1. The fourth-order valence-corrected chi connectivity index (χ4v) is 2.41. The molecular weight excluding hydrogens is 354 g/mol. The van der Waals surface area contributed by atoms with E-state index in [0.717, 1.165) is 16.7 Å². The average molecular weight is 370 g/mol. The summed E-state index contributed by atoms with van der Waals surface area (Å²) in [5.74, 6) is -1.36. The maximum absolute atomic E-state index is 12.4. The van der Waals surface area contributed by atoms with Gasteiger partial charge in [-0.05, 0) is 28.9 Å². The van der Waals surface area contributed by atoms with E-state index in [9.17, 15) is 9.59 Å². The van der Waals surface area contributed by atoms with Crippen molar-refractivity contribution < 1.29 is 14.7 Å². The molecule has 0 saturated heterocycles. The molecule has 1 N–H and O–H groups in total. The van der Waals surface area contributed by atoms with Gasteiger partial charge in [-0.25, -0.2) is 4.68 Å². The third kappa shape index (κ3) is 3.53. The fourth-order valence-electron chi connectivity index (χ4n) is 1.97. The van der Waals surface area contributed by atoms with E-state index in [4.69, 9.17) is 5.11 Å². The predicted molar refractivity (Wildman–Crippen MR) is 81.3 cm³/mol. The number of rotatable bonds is 6. The van der Waals surface area contributed by atoms with Crippen LogP contribution in [-0.4, -0.2) is 48.5 Å². The van der Waals surface area contributed by atoms with Crippen LogP contribution in [0.3, 0.4) is 0 Å². The van der Waals surface area contributed by atoms with Crippen molar-refractivity contribution in [3.63, 3.8) is 0 Å². The van der Waals surface area contributed by atoms with E-state index < -0.39 is 5.97 Å². The summed E-state index contributed by atoms with van der Waals surface area (Å²) in [6.45, 7) is 2.67. The quantitative estimate of drug-likeness (QED) is 0.825. The highest BCUT2D eigenvalue weighted by atomic mass is 79.9. The van der Waals surface area contributed by atoms with Crippen LogP contribution in [-0.2, 0) is 24.4 Å². The molecule has 0 aromatic carbocycles. The number of carbonyl (C=O) groups excluding carboxylic acids is 1. The smallest absolute Gasteiger partial charge is 0.325 e. The minimum absolute atomic E-state index is 0.232. The molecule has 0 unspecified atom stereocenters. The first-order chi connectivity index (χ1) is 10.4. The van der Waals surface area contributed by atoms with Gasteiger partial charge in [0.25, 0.3) is 5.91 Å². The molecule has 118 valence electrons. The third-order valence-electron chi connectivity index (χ3n) is 3.07. The highest BCUT2D eigenvalue weighted by Crippen LogP contribution is 2.17. The summed E-state index contributed by atoms with van der Waals surface area (Å²) in [6.07, 6.45) is 3.26. The molecule has 0 saturated carbocycles. The van der Waals surface area contributed by atoms with Gasteiger partial charge in [0, 0.05) is 26.0 Å². The number of nitrogens with zero attached hydrogens (tertiary/aromatic N) is 5. The van der Waals surface area contributed by atoms with E-state index in [1.54, 1.807) is 11.7 Å². The van der Waals surface area contributed by atoms with Gasteiger partial charge in [-0.1, -0.05) is 0 Å². The molecule has 2 aromatic rings. The molecule has 0 spiro atoms. The number of carbonyl (C=O) groups is 2. The predicted octanol–water partition coefficient (Wildman–Crippen LogP) is 1.22. The van der Waals surface area contributed by atoms with E-state index in [-0.39, 0.29) is 18.1 Å². The Morgan fingerprint density at radius 2 is 2.18 bits per heavy atom. The Balaban J connectivity index is 2.13. The van der Waals surface area contributed by atoms with Crippen LogP contribution in [0.25, 0.3) is 0 Å². The number of hydrogen-bond acceptors (Lipinski definition) is 4. The average Bonchev–Trinajstić information content (AvgIpc) is 3.04. The number of carboxylic acid groups (broad SMARTS) is 1. The minimum Gasteiger partial charge on any atom is -0.480 e. The molecule has 2 rings (SSSR count). The molecule has 2 aromatic heterocycles. The Kier molecular flexibility index (Phi) is 4.96. The number of halogens is 1. The number of aromatic nitrogens is 4. The second kappa shape index (κ2) is 6.73. The van der Waals surface area contributed by atoms with Crippen LogP contribution in [0.4, 0.5) is 0 Å². The summed E-state index contributed by atoms with van der Waals surface area (Å²) in [4.78, 5) is 24.7. The molecule has 9 heteroatoms. The van der Waals surface area contributed by atoms with Crippen molar-refractivity contribution >= 4 is 27.8 Å². The molecule has 8 nitrogen and oxygen atoms in total. The molecule has 0 bridgehead atoms. The van der Waals surface area contributed by atoms with Gasteiger partial charge in [-0.2, -0.15) is 10.2 Å². The van der Waals surface area contributed by atoms with E-state index >= 15 is 0 Å². The summed E-state index contributed by atoms with van der Waals surface area (Å²) in [5, 5.41) is 17.1. The molecule has 1 amide bonds. The molecule has 2 heterocycles. The standard InChI is InChI=1S/C13H16BrN5O3/c1-3-18-6-9(14)10(16-18)7-17(2)13(22)11-4-5-15-19(11)8-12(20)21/h4-6H,3,7-8H2,1-2H3,(H,20,21). The number of carboxylic acids is 1. The van der Waals surface area contributed by atoms with E-state index in [1.165, 1.54) is 21.8 Å². The van der Waals surface area contributed by atoms with E-state index in [2.05, 4.69) is 26.1 Å². The molecule has 0 atom stereocenters. The first kappa shape index (κ1) is 16.2. The molecule has 0 aliphatic heterocycles. The lowest BCUT2D eigenvalue weighted by Crippen LogP contribution is -2.29. The largest absolute Gasteiger partial charge is 0.480 e. The van der Waals surface area contributed by atoms with Crippen molar-refractivity contribution in [2.75, 3.05) is 7.05 Å². The molecule has 0 fully saturated rings. The van der Waals surface area contributed by atoms with Gasteiger partial charge >= 0.3 is 5.97 Å². The van der Waals surface area contributed by atoms with Crippen molar-refractivity contribution in [2.45, 2.75) is 26.6 Å². The summed E-state index contributed by atoms with van der Waals surface area (Å²) in [5.41, 5.74) is 0.970. The van der Waals surface area contributed by atoms with Crippen molar-refractivity contribution in [3.05, 3.63) is 34.3 Å². The zero-order chi connectivity index (χ0) is 16.3. The summed E-state index contributed by atoms with van der Waals surface area (Å²) < 4.78 is 3.76. The van der Waals surface area contributed by atoms with Crippen molar-refractivity contribution in [3.8, 4) is 0 Å². The van der Waals surface area contributed by atoms with Crippen LogP contribution in [0.1, 0.15) is 23.1 Å². The Morgan fingerprint density at radius 3 is 2.77 bits per heavy atom. The van der Waals surface area contributed by atoms with Gasteiger partial charge in [0.15, 0.2) is 0 Å². The maximum Gasteiger partial charge on any atom is 0.325 e. The number of hydrogen-bond donors (Lipinski definition) is 1. The van der Waals surface area contributed by atoms with E-state index in [1.807, 2.05) is 13.1 Å². The fraction of sp³-hybridized carbons (Fsp3) is 0.385. The van der Waals surface area contributed by atoms with Crippen LogP contribution in [0.2, 0.25) is 0 Å². The second-order valence-corrected chi connectivity index (χ2v) is 5.56. The Labute approximate surface area is 135 Å². The molecule has 22 heavy (non-hydrogen) atoms. The molecule has 0 radical (unpaired) electrons. The second-order valence-electron chi connectivity index (χ2n) is 4.71. The van der Waals surface area contributed by atoms with Gasteiger partial charge in [0.2, 0.25) is 0 Å². The van der Waals surface area contributed by atoms with Crippen molar-refractivity contribution in [1.82, 2.24) is 24.5 Å². The van der Waals surface area contributed by atoms with Crippen LogP contribution >= 0.6 is 15.9 Å². The lowest BCUT2D eigenvalue weighted by atomic mass is 10.3. The summed E-state index contributed by atoms with van der Waals surface area (Å²) >= 11 is 3.41. The van der Waals surface area contributed by atoms with Crippen molar-refractivity contribution in [1.29, 1.82) is 0 Å². The third-order valence-corrected chi connectivity index (χ3v) is 3.73. The zero-order valence-electron chi connectivity index (χ0n) is 12.2. The van der Waals surface area contributed by atoms with Gasteiger partial charge < -0.3 is 10.0 Å². The topological polar surface area (TPSA) is 93.2 Å². The molecule has 0 aliphatic carbocycles. The lowest BCUT2D eigenvalue weighted by molar-refractivity contribution is -0.137. The van der Waals surface area contributed by atoms with Crippen LogP contribution in [0.15, 0.2) is 22.9 Å². The number of aryl methyl sites for hydroxylation is 1. The summed E-state index contributed by atoms with van der Waals surface area (Å²) in [6, 6.07) is 1.50. The highest BCUT2D eigenvalue weighted by Gasteiger charge is 2.19. The highest BCUT2D eigenvalue weighted by molar-refractivity contribution is 9.10. The first-order valence-corrected chi connectivity index (χ1v) is 7.42.